The van der Waals surface area contributed by atoms with Crippen LogP contribution >= 0.6 is 31.9 Å². The molecule has 21 heavy (non-hydrogen) atoms. The summed E-state index contributed by atoms with van der Waals surface area (Å²) < 4.78 is 12.4. The summed E-state index contributed by atoms with van der Waals surface area (Å²) in [5, 5.41) is 1.82. The quantitative estimate of drug-likeness (QED) is 0.653. The molecule has 1 aromatic carbocycles. The molecule has 0 N–H and O–H groups in total. The van der Waals surface area contributed by atoms with Crippen molar-refractivity contribution < 1.29 is 9.47 Å². The van der Waals surface area contributed by atoms with Gasteiger partial charge in [-0.1, -0.05) is 62.2 Å². The van der Waals surface area contributed by atoms with Gasteiger partial charge < -0.3 is 9.47 Å². The fourth-order valence-electron chi connectivity index (χ4n) is 3.25. The third kappa shape index (κ3) is 3.39. The summed E-state index contributed by atoms with van der Waals surface area (Å²) in [4.78, 5) is 0. The fourth-order valence-corrected chi connectivity index (χ4v) is 4.82. The molecule has 4 heteroatoms. The predicted octanol–water partition coefficient (Wildman–Crippen LogP) is 4.86. The van der Waals surface area contributed by atoms with Crippen molar-refractivity contribution in [2.75, 3.05) is 23.9 Å². The molecule has 1 aromatic rings. The van der Waals surface area contributed by atoms with Crippen molar-refractivity contribution in [1.29, 1.82) is 0 Å². The number of hydrogen-bond acceptors (Lipinski definition) is 2. The van der Waals surface area contributed by atoms with Crippen molar-refractivity contribution in [1.82, 2.24) is 0 Å². The molecule has 116 valence electrons. The molecule has 2 aliphatic rings. The lowest BCUT2D eigenvalue weighted by atomic mass is 9.80. The van der Waals surface area contributed by atoms with Crippen LogP contribution in [0.1, 0.15) is 37.2 Å². The summed E-state index contributed by atoms with van der Waals surface area (Å²) in [7, 11) is 0. The van der Waals surface area contributed by atoms with Crippen molar-refractivity contribution in [2.45, 2.75) is 37.4 Å². The molecular weight excluding hydrogens is 396 g/mol. The maximum atomic E-state index is 6.21. The molecule has 0 amide bonds. The normalized spacial score (nSPS) is 25.0. The Bertz CT molecular complexity index is 439. The molecule has 1 saturated heterocycles. The van der Waals surface area contributed by atoms with E-state index in [0.717, 1.165) is 49.6 Å². The van der Waals surface area contributed by atoms with Crippen LogP contribution in [0.2, 0.25) is 0 Å². The zero-order valence-electron chi connectivity index (χ0n) is 12.2. The highest BCUT2D eigenvalue weighted by Crippen LogP contribution is 2.44. The third-order valence-corrected chi connectivity index (χ3v) is 7.25. The van der Waals surface area contributed by atoms with E-state index in [9.17, 15) is 0 Å². The second-order valence-electron chi connectivity index (χ2n) is 6.44. The van der Waals surface area contributed by atoms with Crippen molar-refractivity contribution in [3.8, 4) is 0 Å². The van der Waals surface area contributed by atoms with Gasteiger partial charge in [0.2, 0.25) is 0 Å². The molecule has 0 unspecified atom stereocenters. The van der Waals surface area contributed by atoms with Crippen molar-refractivity contribution >= 4 is 31.9 Å². The van der Waals surface area contributed by atoms with Crippen LogP contribution in [0.25, 0.3) is 0 Å². The lowest BCUT2D eigenvalue weighted by Crippen LogP contribution is -2.52. The topological polar surface area (TPSA) is 18.5 Å². The Morgan fingerprint density at radius 2 is 1.52 bits per heavy atom. The molecule has 1 aliphatic carbocycles. The van der Waals surface area contributed by atoms with Gasteiger partial charge in [0.05, 0.1) is 13.2 Å². The average molecular weight is 418 g/mol. The van der Waals surface area contributed by atoms with Gasteiger partial charge in [0.25, 0.3) is 0 Å². The lowest BCUT2D eigenvalue weighted by Gasteiger charge is -2.48. The number of alkyl halides is 2. The first-order valence-corrected chi connectivity index (χ1v) is 9.90. The summed E-state index contributed by atoms with van der Waals surface area (Å²) in [5.41, 5.74) is 1.54. The Morgan fingerprint density at radius 3 is 2.05 bits per heavy atom. The maximum absolute atomic E-state index is 6.21. The van der Waals surface area contributed by atoms with E-state index in [0.29, 0.717) is 5.92 Å². The molecular formula is C17H22Br2O2. The maximum Gasteiger partial charge on any atom is 0.168 e. The van der Waals surface area contributed by atoms with Crippen LogP contribution in [0, 0.1) is 5.41 Å². The van der Waals surface area contributed by atoms with Gasteiger partial charge >= 0.3 is 0 Å². The molecule has 1 aliphatic heterocycles. The van der Waals surface area contributed by atoms with Crippen LogP contribution < -0.4 is 0 Å². The zero-order valence-corrected chi connectivity index (χ0v) is 15.4. The average Bonchev–Trinajstić information content (AvgIpc) is 2.58. The molecule has 0 aromatic heterocycles. The van der Waals surface area contributed by atoms with Crippen molar-refractivity contribution in [3.05, 3.63) is 35.9 Å². The summed E-state index contributed by atoms with van der Waals surface area (Å²) >= 11 is 7.18. The molecule has 2 nitrogen and oxygen atoms in total. The number of hydrogen-bond donors (Lipinski definition) is 0. The van der Waals surface area contributed by atoms with Crippen molar-refractivity contribution in [3.63, 3.8) is 0 Å². The van der Waals surface area contributed by atoms with Gasteiger partial charge in [-0.3, -0.25) is 0 Å². The molecule has 1 spiro atoms. The summed E-state index contributed by atoms with van der Waals surface area (Å²) in [6.45, 7) is 1.55. The highest BCUT2D eigenvalue weighted by atomic mass is 79.9. The number of rotatable bonds is 3. The largest absolute Gasteiger partial charge is 0.349 e. The minimum absolute atomic E-state index is 0.0848. The highest BCUT2D eigenvalue weighted by molar-refractivity contribution is 9.09. The van der Waals surface area contributed by atoms with Gasteiger partial charge in [0, 0.05) is 28.9 Å². The van der Waals surface area contributed by atoms with Crippen LogP contribution in [0.3, 0.4) is 0 Å². The first-order valence-electron chi connectivity index (χ1n) is 7.66. The van der Waals surface area contributed by atoms with Crippen LogP contribution in [0.4, 0.5) is 0 Å². The van der Waals surface area contributed by atoms with E-state index in [4.69, 9.17) is 9.47 Å². The number of halogens is 2. The van der Waals surface area contributed by atoms with Gasteiger partial charge in [-0.2, -0.15) is 0 Å². The van der Waals surface area contributed by atoms with Gasteiger partial charge in [-0.25, -0.2) is 0 Å². The van der Waals surface area contributed by atoms with Crippen LogP contribution in [-0.2, 0) is 9.47 Å². The Balaban J connectivity index is 1.59. The van der Waals surface area contributed by atoms with E-state index in [1.54, 1.807) is 0 Å². The van der Waals surface area contributed by atoms with E-state index in [2.05, 4.69) is 62.2 Å². The van der Waals surface area contributed by atoms with Gasteiger partial charge in [0.1, 0.15) is 0 Å². The van der Waals surface area contributed by atoms with Gasteiger partial charge in [0.15, 0.2) is 5.79 Å². The van der Waals surface area contributed by atoms with E-state index in [-0.39, 0.29) is 11.2 Å². The second kappa shape index (κ2) is 6.69. The SMILES string of the molecule is BrCC1(CBr)COC2(CCC(c3ccccc3)CC2)OC1. The molecule has 2 fully saturated rings. The Labute approximate surface area is 143 Å². The standard InChI is InChI=1S/C17H22Br2O2/c18-10-16(11-19)12-20-17(21-13-16)8-6-15(7-9-17)14-4-2-1-3-5-14/h1-5,15H,6-13H2. The number of ether oxygens (including phenoxy) is 2. The molecule has 0 bridgehead atoms. The highest BCUT2D eigenvalue weighted by Gasteiger charge is 2.45. The Hall–Kier alpha value is 0.1000. The van der Waals surface area contributed by atoms with E-state index >= 15 is 0 Å². The molecule has 1 heterocycles. The predicted molar refractivity (Wildman–Crippen MR) is 92.3 cm³/mol. The Morgan fingerprint density at radius 1 is 0.952 bits per heavy atom. The van der Waals surface area contributed by atoms with E-state index in [1.165, 1.54) is 5.56 Å². The third-order valence-electron chi connectivity index (χ3n) is 4.87. The first kappa shape index (κ1) is 16.0. The minimum Gasteiger partial charge on any atom is -0.349 e. The first-order chi connectivity index (χ1) is 10.2. The smallest absolute Gasteiger partial charge is 0.168 e. The fraction of sp³-hybridized carbons (Fsp3) is 0.647. The summed E-state index contributed by atoms with van der Waals surface area (Å²) in [5.74, 6) is 0.335. The molecule has 0 atom stereocenters. The van der Waals surface area contributed by atoms with Crippen LogP contribution in [0.5, 0.6) is 0 Å². The lowest BCUT2D eigenvalue weighted by molar-refractivity contribution is -0.308. The monoisotopic (exact) mass is 416 g/mol. The molecule has 0 radical (unpaired) electrons. The minimum atomic E-state index is -0.320. The molecule has 1 saturated carbocycles. The van der Waals surface area contributed by atoms with Crippen LogP contribution in [-0.4, -0.2) is 29.7 Å². The summed E-state index contributed by atoms with van der Waals surface area (Å²) in [6, 6.07) is 10.8. The number of benzene rings is 1. The zero-order chi connectivity index (χ0) is 14.8. The Kier molecular flexibility index (Phi) is 5.09. The van der Waals surface area contributed by atoms with E-state index < -0.39 is 0 Å². The van der Waals surface area contributed by atoms with Gasteiger partial charge in [-0.05, 0) is 24.3 Å². The van der Waals surface area contributed by atoms with Crippen LogP contribution in [0.15, 0.2) is 30.3 Å². The van der Waals surface area contributed by atoms with Gasteiger partial charge in [-0.15, -0.1) is 0 Å². The van der Waals surface area contributed by atoms with E-state index in [1.807, 2.05) is 0 Å². The molecule has 3 rings (SSSR count). The summed E-state index contributed by atoms with van der Waals surface area (Å²) in [6.07, 6.45) is 4.32. The van der Waals surface area contributed by atoms with Crippen molar-refractivity contribution in [2.24, 2.45) is 5.41 Å². The second-order valence-corrected chi connectivity index (χ2v) is 7.56.